The van der Waals surface area contributed by atoms with Crippen molar-refractivity contribution in [2.24, 2.45) is 0 Å². The van der Waals surface area contributed by atoms with E-state index in [1.807, 2.05) is 0 Å². The van der Waals surface area contributed by atoms with Gasteiger partial charge >= 0.3 is 6.18 Å². The van der Waals surface area contributed by atoms with Gasteiger partial charge in [-0.05, 0) is 11.6 Å². The number of nitrogens with zero attached hydrogens (tertiary/aromatic N) is 6. The number of halogens is 5. The maximum absolute atomic E-state index is 13.7. The van der Waals surface area contributed by atoms with E-state index in [-0.39, 0.29) is 36.6 Å². The predicted molar refractivity (Wildman–Crippen MR) is 63.1 cm³/mol. The summed E-state index contributed by atoms with van der Waals surface area (Å²) in [5, 5.41) is 6.51. The van der Waals surface area contributed by atoms with E-state index in [4.69, 9.17) is 11.6 Å². The van der Waals surface area contributed by atoms with E-state index in [9.17, 15) is 17.6 Å². The predicted octanol–water partition coefficient (Wildman–Crippen LogP) is 1.90. The molecule has 1 aliphatic rings. The van der Waals surface area contributed by atoms with Crippen LogP contribution in [0, 0.1) is 5.82 Å². The van der Waals surface area contributed by atoms with Crippen molar-refractivity contribution in [2.75, 3.05) is 11.4 Å². The van der Waals surface area contributed by atoms with Crippen LogP contribution in [0.15, 0.2) is 6.20 Å². The van der Waals surface area contributed by atoms with Crippen molar-refractivity contribution in [3.63, 3.8) is 0 Å². The maximum atomic E-state index is 13.7. The fourth-order valence-electron chi connectivity index (χ4n) is 2.11. The number of alkyl halides is 3. The van der Waals surface area contributed by atoms with Gasteiger partial charge < -0.3 is 9.47 Å². The standard InChI is InChI=1S/C10H7ClF4N6/c11-9-16-3-5(12)7(17-9)20-1-2-21-6(4-20)18-19-8(21)10(13,14)15/h3H,1-2,4H2. The van der Waals surface area contributed by atoms with E-state index in [0.29, 0.717) is 0 Å². The maximum Gasteiger partial charge on any atom is 0.451 e. The summed E-state index contributed by atoms with van der Waals surface area (Å²) in [4.78, 5) is 8.67. The third kappa shape index (κ3) is 2.50. The smallest absolute Gasteiger partial charge is 0.345 e. The first kappa shape index (κ1) is 14.0. The Kier molecular flexibility index (Phi) is 3.19. The number of hydrogen-bond donors (Lipinski definition) is 0. The highest BCUT2D eigenvalue weighted by atomic mass is 35.5. The number of fused-ring (bicyclic) bond motifs is 1. The second-order valence-corrected chi connectivity index (χ2v) is 4.66. The third-order valence-corrected chi connectivity index (χ3v) is 3.18. The van der Waals surface area contributed by atoms with E-state index in [0.717, 1.165) is 10.8 Å². The van der Waals surface area contributed by atoms with Crippen LogP contribution in [0.2, 0.25) is 5.28 Å². The molecule has 1 aliphatic heterocycles. The highest BCUT2D eigenvalue weighted by Gasteiger charge is 2.39. The molecule has 2 aromatic heterocycles. The van der Waals surface area contributed by atoms with Gasteiger partial charge in [0.1, 0.15) is 0 Å². The molecule has 6 nitrogen and oxygen atoms in total. The van der Waals surface area contributed by atoms with Gasteiger partial charge in [0.15, 0.2) is 17.5 Å². The number of aromatic nitrogens is 5. The van der Waals surface area contributed by atoms with Gasteiger partial charge in [0, 0.05) is 13.1 Å². The molecule has 0 fully saturated rings. The minimum atomic E-state index is -4.57. The van der Waals surface area contributed by atoms with Crippen molar-refractivity contribution in [1.29, 1.82) is 0 Å². The molecular weight excluding hydrogens is 316 g/mol. The number of rotatable bonds is 1. The zero-order chi connectivity index (χ0) is 15.2. The fourth-order valence-corrected chi connectivity index (χ4v) is 2.24. The molecule has 3 rings (SSSR count). The Morgan fingerprint density at radius 1 is 1.19 bits per heavy atom. The first-order valence-electron chi connectivity index (χ1n) is 5.78. The van der Waals surface area contributed by atoms with Crippen LogP contribution in [0.5, 0.6) is 0 Å². The average Bonchev–Trinajstić information content (AvgIpc) is 2.84. The second kappa shape index (κ2) is 4.79. The summed E-state index contributed by atoms with van der Waals surface area (Å²) in [7, 11) is 0. The first-order chi connectivity index (χ1) is 9.86. The van der Waals surface area contributed by atoms with Crippen LogP contribution in [0.4, 0.5) is 23.4 Å². The van der Waals surface area contributed by atoms with E-state index in [1.165, 1.54) is 4.90 Å². The quantitative estimate of drug-likeness (QED) is 0.593. The van der Waals surface area contributed by atoms with Crippen LogP contribution in [0.25, 0.3) is 0 Å². The Morgan fingerprint density at radius 2 is 1.95 bits per heavy atom. The lowest BCUT2D eigenvalue weighted by Crippen LogP contribution is -2.36. The van der Waals surface area contributed by atoms with Crippen LogP contribution in [0.1, 0.15) is 11.6 Å². The SMILES string of the molecule is Fc1cnc(Cl)nc1N1CCn2c(nnc2C(F)(F)F)C1. The van der Waals surface area contributed by atoms with Gasteiger partial charge in [-0.25, -0.2) is 9.37 Å². The summed E-state index contributed by atoms with van der Waals surface area (Å²) >= 11 is 5.60. The molecule has 3 heterocycles. The molecule has 21 heavy (non-hydrogen) atoms. The summed E-state index contributed by atoms with van der Waals surface area (Å²) in [5.41, 5.74) is 0. The molecule has 11 heteroatoms. The molecule has 2 aromatic rings. The highest BCUT2D eigenvalue weighted by Crippen LogP contribution is 2.30. The van der Waals surface area contributed by atoms with Crippen molar-refractivity contribution in [1.82, 2.24) is 24.7 Å². The van der Waals surface area contributed by atoms with Crippen LogP contribution < -0.4 is 4.90 Å². The van der Waals surface area contributed by atoms with Crippen molar-refractivity contribution in [3.05, 3.63) is 28.9 Å². The molecule has 0 spiro atoms. The molecule has 0 aliphatic carbocycles. The monoisotopic (exact) mass is 322 g/mol. The minimum Gasteiger partial charge on any atom is -0.345 e. The van der Waals surface area contributed by atoms with E-state index < -0.39 is 17.8 Å². The molecule has 0 aromatic carbocycles. The summed E-state index contributed by atoms with van der Waals surface area (Å²) in [6, 6.07) is 0. The van der Waals surface area contributed by atoms with E-state index in [1.54, 1.807) is 0 Å². The van der Waals surface area contributed by atoms with Crippen LogP contribution in [-0.4, -0.2) is 31.3 Å². The van der Waals surface area contributed by atoms with Crippen LogP contribution in [0.3, 0.4) is 0 Å². The molecule has 0 saturated heterocycles. The van der Waals surface area contributed by atoms with Crippen LogP contribution >= 0.6 is 11.6 Å². The van der Waals surface area contributed by atoms with Crippen molar-refractivity contribution < 1.29 is 17.6 Å². The van der Waals surface area contributed by atoms with Crippen molar-refractivity contribution in [2.45, 2.75) is 19.3 Å². The topological polar surface area (TPSA) is 59.7 Å². The second-order valence-electron chi connectivity index (χ2n) is 4.32. The zero-order valence-corrected chi connectivity index (χ0v) is 11.0. The molecule has 0 saturated carbocycles. The molecule has 0 radical (unpaired) electrons. The molecule has 0 amide bonds. The Balaban J connectivity index is 1.92. The summed E-state index contributed by atoms with van der Waals surface area (Å²) in [6.07, 6.45) is -3.66. The van der Waals surface area contributed by atoms with Gasteiger partial charge in [-0.15, -0.1) is 10.2 Å². The summed E-state index contributed by atoms with van der Waals surface area (Å²) < 4.78 is 52.8. The molecule has 0 bridgehead atoms. The van der Waals surface area contributed by atoms with Gasteiger partial charge in [-0.3, -0.25) is 0 Å². The van der Waals surface area contributed by atoms with E-state index >= 15 is 0 Å². The van der Waals surface area contributed by atoms with E-state index in [2.05, 4.69) is 20.2 Å². The Bertz CT molecular complexity index is 685. The Morgan fingerprint density at radius 3 is 2.67 bits per heavy atom. The Labute approximate surface area is 120 Å². The molecule has 0 atom stereocenters. The van der Waals surface area contributed by atoms with Gasteiger partial charge in [0.2, 0.25) is 11.1 Å². The zero-order valence-electron chi connectivity index (χ0n) is 10.3. The highest BCUT2D eigenvalue weighted by molar-refractivity contribution is 6.28. The molecule has 0 N–H and O–H groups in total. The van der Waals surface area contributed by atoms with Gasteiger partial charge in [-0.1, -0.05) is 0 Å². The van der Waals surface area contributed by atoms with Crippen molar-refractivity contribution >= 4 is 17.4 Å². The number of hydrogen-bond acceptors (Lipinski definition) is 5. The minimum absolute atomic E-state index is 0.0295. The lowest BCUT2D eigenvalue weighted by Gasteiger charge is -2.28. The fraction of sp³-hybridized carbons (Fsp3) is 0.400. The summed E-state index contributed by atoms with van der Waals surface area (Å²) in [5.74, 6) is -1.75. The normalized spacial score (nSPS) is 15.2. The summed E-state index contributed by atoms with van der Waals surface area (Å²) in [6.45, 7) is 0.0456. The molecule has 112 valence electrons. The lowest BCUT2D eigenvalue weighted by molar-refractivity contribution is -0.147. The largest absolute Gasteiger partial charge is 0.451 e. The van der Waals surface area contributed by atoms with Crippen LogP contribution in [-0.2, 0) is 19.3 Å². The third-order valence-electron chi connectivity index (χ3n) is 3.00. The first-order valence-corrected chi connectivity index (χ1v) is 6.16. The Hall–Kier alpha value is -1.97. The molecular formula is C10H7ClF4N6. The lowest BCUT2D eigenvalue weighted by atomic mass is 10.3. The van der Waals surface area contributed by atoms with Gasteiger partial charge in [0.25, 0.3) is 0 Å². The van der Waals surface area contributed by atoms with Crippen molar-refractivity contribution in [3.8, 4) is 0 Å². The molecule has 0 unspecified atom stereocenters. The number of anilines is 1. The average molecular weight is 323 g/mol. The van der Waals surface area contributed by atoms with Gasteiger partial charge in [0.05, 0.1) is 12.7 Å². The van der Waals surface area contributed by atoms with Gasteiger partial charge in [-0.2, -0.15) is 18.2 Å².